The van der Waals surface area contributed by atoms with E-state index < -0.39 is 0 Å². The molecule has 0 aliphatic heterocycles. The van der Waals surface area contributed by atoms with E-state index in [1.54, 1.807) is 0 Å². The van der Waals surface area contributed by atoms with Crippen LogP contribution >= 0.6 is 0 Å². The van der Waals surface area contributed by atoms with Gasteiger partial charge in [0.2, 0.25) is 5.91 Å². The molecule has 0 spiro atoms. The number of rotatable bonds is 6. The van der Waals surface area contributed by atoms with Gasteiger partial charge in [0.15, 0.2) is 0 Å². The molecule has 0 aliphatic rings. The molecule has 0 fully saturated rings. The van der Waals surface area contributed by atoms with Crippen LogP contribution < -0.4 is 10.1 Å². The van der Waals surface area contributed by atoms with Gasteiger partial charge in [-0.1, -0.05) is 29.8 Å². The third kappa shape index (κ3) is 4.60. The molecule has 2 rings (SSSR count). The van der Waals surface area contributed by atoms with Crippen LogP contribution in [0.3, 0.4) is 0 Å². The molecule has 0 saturated heterocycles. The molecule has 0 saturated carbocycles. The van der Waals surface area contributed by atoms with Crippen LogP contribution in [0.5, 0.6) is 5.75 Å². The smallest absolute Gasteiger partial charge is 0.224 e. The fourth-order valence-electron chi connectivity index (χ4n) is 2.87. The first kappa shape index (κ1) is 18.1. The van der Waals surface area contributed by atoms with Crippen molar-refractivity contribution in [3.8, 4) is 5.75 Å². The first-order valence-corrected chi connectivity index (χ1v) is 8.45. The molecule has 0 heterocycles. The number of hydrogen-bond acceptors (Lipinski definition) is 2. The quantitative estimate of drug-likeness (QED) is 0.757. The van der Waals surface area contributed by atoms with Crippen LogP contribution in [0.4, 0.5) is 5.69 Å². The van der Waals surface area contributed by atoms with Crippen molar-refractivity contribution < 1.29 is 9.53 Å². The molecule has 0 bridgehead atoms. The lowest BCUT2D eigenvalue weighted by Crippen LogP contribution is -2.14. The number of amides is 1. The highest BCUT2D eigenvalue weighted by molar-refractivity contribution is 5.92. The van der Waals surface area contributed by atoms with Crippen LogP contribution in [0, 0.1) is 34.6 Å². The molecule has 0 unspecified atom stereocenters. The summed E-state index contributed by atoms with van der Waals surface area (Å²) < 4.78 is 5.80. The molecule has 0 aliphatic carbocycles. The Bertz CT molecular complexity index is 712. The molecular formula is C21H27NO2. The first-order valence-electron chi connectivity index (χ1n) is 8.45. The summed E-state index contributed by atoms with van der Waals surface area (Å²) in [4.78, 5) is 12.2. The fraction of sp³-hybridized carbons (Fsp3) is 0.381. The highest BCUT2D eigenvalue weighted by Crippen LogP contribution is 2.23. The summed E-state index contributed by atoms with van der Waals surface area (Å²) in [5, 5.41) is 3.03. The SMILES string of the molecule is Cc1cc(C)c(NC(=O)CCCOc2cccc(C)c2C)c(C)c1. The Balaban J connectivity index is 1.83. The van der Waals surface area contributed by atoms with E-state index >= 15 is 0 Å². The van der Waals surface area contributed by atoms with E-state index in [1.807, 2.05) is 26.0 Å². The van der Waals surface area contributed by atoms with Gasteiger partial charge in [0, 0.05) is 12.1 Å². The van der Waals surface area contributed by atoms with Crippen molar-refractivity contribution >= 4 is 11.6 Å². The van der Waals surface area contributed by atoms with Gasteiger partial charge >= 0.3 is 0 Å². The maximum Gasteiger partial charge on any atom is 0.224 e. The van der Waals surface area contributed by atoms with Crippen LogP contribution in [0.1, 0.15) is 40.7 Å². The van der Waals surface area contributed by atoms with Gasteiger partial charge in [0.05, 0.1) is 6.61 Å². The second-order valence-corrected chi connectivity index (χ2v) is 6.47. The zero-order valence-electron chi connectivity index (χ0n) is 15.3. The van der Waals surface area contributed by atoms with E-state index in [-0.39, 0.29) is 5.91 Å². The number of aryl methyl sites for hydroxylation is 4. The summed E-state index contributed by atoms with van der Waals surface area (Å²) in [6.07, 6.45) is 1.15. The van der Waals surface area contributed by atoms with E-state index in [0.29, 0.717) is 19.4 Å². The summed E-state index contributed by atoms with van der Waals surface area (Å²) in [7, 11) is 0. The van der Waals surface area contributed by atoms with Crippen molar-refractivity contribution in [1.29, 1.82) is 0 Å². The molecular weight excluding hydrogens is 298 g/mol. The molecule has 0 radical (unpaired) electrons. The molecule has 128 valence electrons. The normalized spacial score (nSPS) is 10.5. The van der Waals surface area contributed by atoms with Crippen molar-refractivity contribution in [3.05, 3.63) is 58.1 Å². The standard InChI is InChI=1S/C21H27NO2/c1-14-12-16(3)21(17(4)13-14)22-20(23)10-7-11-24-19-9-6-8-15(2)18(19)5/h6,8-9,12-13H,7,10-11H2,1-5H3,(H,22,23). The van der Waals surface area contributed by atoms with Gasteiger partial charge in [0.25, 0.3) is 0 Å². The number of anilines is 1. The Morgan fingerprint density at radius 3 is 2.33 bits per heavy atom. The number of ether oxygens (including phenoxy) is 1. The van der Waals surface area contributed by atoms with Gasteiger partial charge in [0.1, 0.15) is 5.75 Å². The van der Waals surface area contributed by atoms with Gasteiger partial charge in [-0.25, -0.2) is 0 Å². The second-order valence-electron chi connectivity index (χ2n) is 6.47. The van der Waals surface area contributed by atoms with Crippen LogP contribution in [0.2, 0.25) is 0 Å². The third-order valence-corrected chi connectivity index (χ3v) is 4.30. The molecule has 3 nitrogen and oxygen atoms in total. The van der Waals surface area contributed by atoms with E-state index in [4.69, 9.17) is 4.74 Å². The highest BCUT2D eigenvalue weighted by atomic mass is 16.5. The lowest BCUT2D eigenvalue weighted by Gasteiger charge is -2.13. The first-order chi connectivity index (χ1) is 11.4. The summed E-state index contributed by atoms with van der Waals surface area (Å²) in [6, 6.07) is 10.2. The van der Waals surface area contributed by atoms with E-state index in [1.165, 1.54) is 11.1 Å². The lowest BCUT2D eigenvalue weighted by atomic mass is 10.0. The van der Waals surface area contributed by atoms with Crippen LogP contribution in [0.25, 0.3) is 0 Å². The minimum absolute atomic E-state index is 0.0367. The zero-order chi connectivity index (χ0) is 17.7. The number of benzene rings is 2. The topological polar surface area (TPSA) is 38.3 Å². The predicted molar refractivity (Wildman–Crippen MR) is 99.9 cm³/mol. The molecule has 3 heteroatoms. The minimum Gasteiger partial charge on any atom is -0.493 e. The summed E-state index contributed by atoms with van der Waals surface area (Å²) in [5.41, 5.74) is 6.73. The summed E-state index contributed by atoms with van der Waals surface area (Å²) >= 11 is 0. The molecule has 2 aromatic rings. The van der Waals surface area contributed by atoms with Crippen molar-refractivity contribution in [2.45, 2.75) is 47.5 Å². The monoisotopic (exact) mass is 325 g/mol. The molecule has 1 N–H and O–H groups in total. The largest absolute Gasteiger partial charge is 0.493 e. The highest BCUT2D eigenvalue weighted by Gasteiger charge is 2.08. The summed E-state index contributed by atoms with van der Waals surface area (Å²) in [5.74, 6) is 0.940. The van der Waals surface area contributed by atoms with Crippen LogP contribution in [0.15, 0.2) is 30.3 Å². The van der Waals surface area contributed by atoms with Crippen molar-refractivity contribution in [2.75, 3.05) is 11.9 Å². The number of carbonyl (C=O) groups is 1. The number of carbonyl (C=O) groups excluding carboxylic acids is 1. The van der Waals surface area contributed by atoms with Crippen molar-refractivity contribution in [1.82, 2.24) is 0 Å². The third-order valence-electron chi connectivity index (χ3n) is 4.30. The van der Waals surface area contributed by atoms with Crippen LogP contribution in [-0.2, 0) is 4.79 Å². The number of hydrogen-bond donors (Lipinski definition) is 1. The average molecular weight is 325 g/mol. The average Bonchev–Trinajstić information content (AvgIpc) is 2.51. The van der Waals surface area contributed by atoms with Gasteiger partial charge in [-0.2, -0.15) is 0 Å². The van der Waals surface area contributed by atoms with Crippen molar-refractivity contribution in [2.24, 2.45) is 0 Å². The van der Waals surface area contributed by atoms with Crippen molar-refractivity contribution in [3.63, 3.8) is 0 Å². The van der Waals surface area contributed by atoms with Gasteiger partial charge in [-0.05, 0) is 69.4 Å². The van der Waals surface area contributed by atoms with E-state index in [0.717, 1.165) is 28.1 Å². The molecule has 0 atom stereocenters. The van der Waals surface area contributed by atoms with Gasteiger partial charge < -0.3 is 10.1 Å². The van der Waals surface area contributed by atoms with E-state index in [2.05, 4.69) is 44.3 Å². The molecule has 2 aromatic carbocycles. The number of nitrogens with one attached hydrogen (secondary N) is 1. The van der Waals surface area contributed by atoms with Crippen LogP contribution in [-0.4, -0.2) is 12.5 Å². The Labute approximate surface area is 145 Å². The minimum atomic E-state index is 0.0367. The van der Waals surface area contributed by atoms with Gasteiger partial charge in [-0.3, -0.25) is 4.79 Å². The molecule has 0 aromatic heterocycles. The Hall–Kier alpha value is -2.29. The Morgan fingerprint density at radius 1 is 1.00 bits per heavy atom. The Morgan fingerprint density at radius 2 is 1.67 bits per heavy atom. The maximum atomic E-state index is 12.2. The van der Waals surface area contributed by atoms with E-state index in [9.17, 15) is 4.79 Å². The lowest BCUT2D eigenvalue weighted by molar-refractivity contribution is -0.116. The fourth-order valence-corrected chi connectivity index (χ4v) is 2.87. The molecule has 1 amide bonds. The Kier molecular flexibility index (Phi) is 6.02. The van der Waals surface area contributed by atoms with Gasteiger partial charge in [-0.15, -0.1) is 0 Å². The zero-order valence-corrected chi connectivity index (χ0v) is 15.3. The maximum absolute atomic E-state index is 12.2. The second kappa shape index (κ2) is 8.00. The molecule has 24 heavy (non-hydrogen) atoms. The predicted octanol–water partition coefficient (Wildman–Crippen LogP) is 5.03. The summed E-state index contributed by atoms with van der Waals surface area (Å²) in [6.45, 7) is 10.8.